The first-order valence-electron chi connectivity index (χ1n) is 8.38. The number of fused-ring (bicyclic) bond motifs is 1. The predicted octanol–water partition coefficient (Wildman–Crippen LogP) is 1.04. The van der Waals surface area contributed by atoms with Crippen LogP contribution >= 0.6 is 0 Å². The van der Waals surface area contributed by atoms with Crippen molar-refractivity contribution in [1.29, 1.82) is 0 Å². The van der Waals surface area contributed by atoms with Gasteiger partial charge in [0.1, 0.15) is 0 Å². The van der Waals surface area contributed by atoms with Crippen LogP contribution in [0.3, 0.4) is 0 Å². The van der Waals surface area contributed by atoms with Gasteiger partial charge in [-0.3, -0.25) is 4.68 Å². The summed E-state index contributed by atoms with van der Waals surface area (Å²) >= 11 is 0. The van der Waals surface area contributed by atoms with Gasteiger partial charge in [0, 0.05) is 44.8 Å². The van der Waals surface area contributed by atoms with E-state index in [2.05, 4.69) is 25.3 Å². The molecule has 8 nitrogen and oxygen atoms in total. The first-order valence-corrected chi connectivity index (χ1v) is 8.38. The molecule has 126 valence electrons. The first kappa shape index (κ1) is 14.9. The molecule has 1 N–H and O–H groups in total. The minimum atomic E-state index is 0.0225. The van der Waals surface area contributed by atoms with E-state index in [9.17, 15) is 4.79 Å². The summed E-state index contributed by atoms with van der Waals surface area (Å²) in [6.45, 7) is 3.70. The van der Waals surface area contributed by atoms with E-state index in [1.165, 1.54) is 0 Å². The number of rotatable bonds is 3. The molecule has 2 aromatic rings. The quantitative estimate of drug-likeness (QED) is 0.911. The number of hydrogen-bond donors (Lipinski definition) is 1. The Bertz CT molecular complexity index is 695. The third kappa shape index (κ3) is 2.91. The van der Waals surface area contributed by atoms with Crippen LogP contribution < -0.4 is 10.2 Å². The molecule has 1 saturated heterocycles. The Labute approximate surface area is 140 Å². The van der Waals surface area contributed by atoms with Gasteiger partial charge in [-0.15, -0.1) is 0 Å². The third-order valence-corrected chi connectivity index (χ3v) is 4.60. The van der Waals surface area contributed by atoms with E-state index >= 15 is 0 Å². The van der Waals surface area contributed by atoms with Crippen LogP contribution in [0.15, 0.2) is 30.7 Å². The van der Waals surface area contributed by atoms with Crippen LogP contribution in [-0.4, -0.2) is 56.9 Å². The number of urea groups is 1. The van der Waals surface area contributed by atoms with Gasteiger partial charge in [-0.05, 0) is 25.0 Å². The van der Waals surface area contributed by atoms with Crippen molar-refractivity contribution in [3.63, 3.8) is 0 Å². The van der Waals surface area contributed by atoms with Crippen LogP contribution in [0.5, 0.6) is 0 Å². The fraction of sp³-hybridized carbons (Fsp3) is 0.500. The normalized spacial score (nSPS) is 20.1. The lowest BCUT2D eigenvalue weighted by atomic mass is 10.2. The lowest BCUT2D eigenvalue weighted by molar-refractivity contribution is 0.206. The molecule has 2 aliphatic heterocycles. The second-order valence-electron chi connectivity index (χ2n) is 6.23. The zero-order valence-electron chi connectivity index (χ0n) is 13.5. The van der Waals surface area contributed by atoms with Gasteiger partial charge in [0.25, 0.3) is 0 Å². The molecule has 4 rings (SSSR count). The number of aromatic nitrogens is 4. The van der Waals surface area contributed by atoms with Crippen molar-refractivity contribution in [3.8, 4) is 0 Å². The highest BCUT2D eigenvalue weighted by Gasteiger charge is 2.28. The fourth-order valence-corrected chi connectivity index (χ4v) is 3.38. The molecule has 1 fully saturated rings. The highest BCUT2D eigenvalue weighted by Crippen LogP contribution is 2.22. The van der Waals surface area contributed by atoms with Gasteiger partial charge < -0.3 is 15.1 Å². The average Bonchev–Trinajstić information content (AvgIpc) is 3.31. The number of nitrogens with one attached hydrogen (secondary N) is 1. The highest BCUT2D eigenvalue weighted by molar-refractivity contribution is 5.74. The number of amides is 2. The second kappa shape index (κ2) is 6.46. The summed E-state index contributed by atoms with van der Waals surface area (Å²) in [5.41, 5.74) is 1.11. The molecule has 2 aromatic heterocycles. The minimum absolute atomic E-state index is 0.0225. The monoisotopic (exact) mass is 327 g/mol. The maximum atomic E-state index is 12.2. The summed E-state index contributed by atoms with van der Waals surface area (Å²) in [5.74, 6) is 0.709. The van der Waals surface area contributed by atoms with Gasteiger partial charge >= 0.3 is 6.03 Å². The molecular weight excluding hydrogens is 306 g/mol. The van der Waals surface area contributed by atoms with Crippen molar-refractivity contribution in [2.75, 3.05) is 31.1 Å². The van der Waals surface area contributed by atoms with E-state index in [0.717, 1.165) is 44.7 Å². The summed E-state index contributed by atoms with van der Waals surface area (Å²) in [7, 11) is 0. The molecule has 0 radical (unpaired) electrons. The molecule has 0 saturated carbocycles. The first-order chi connectivity index (χ1) is 11.8. The Morgan fingerprint density at radius 3 is 2.79 bits per heavy atom. The fourth-order valence-electron chi connectivity index (χ4n) is 3.38. The van der Waals surface area contributed by atoms with E-state index in [1.54, 1.807) is 18.6 Å². The molecule has 1 unspecified atom stereocenters. The Morgan fingerprint density at radius 2 is 2.00 bits per heavy atom. The Hall–Kier alpha value is -2.64. The molecule has 2 aliphatic rings. The number of nitrogens with zero attached hydrogens (tertiary/aromatic N) is 6. The van der Waals surface area contributed by atoms with Crippen LogP contribution in [-0.2, 0) is 6.54 Å². The smallest absolute Gasteiger partial charge is 0.317 e. The molecule has 0 bridgehead atoms. The van der Waals surface area contributed by atoms with Crippen molar-refractivity contribution in [1.82, 2.24) is 30.0 Å². The Balaban J connectivity index is 1.46. The number of likely N-dealkylation sites (tertiary alicyclic amines) is 1. The zero-order chi connectivity index (χ0) is 16.4. The van der Waals surface area contributed by atoms with Gasteiger partial charge in [0.2, 0.25) is 5.95 Å². The number of anilines is 1. The summed E-state index contributed by atoms with van der Waals surface area (Å²) in [6, 6.07) is 3.91. The summed E-state index contributed by atoms with van der Waals surface area (Å²) in [5, 5.41) is 7.48. The van der Waals surface area contributed by atoms with Crippen molar-refractivity contribution < 1.29 is 4.79 Å². The van der Waals surface area contributed by atoms with E-state index in [-0.39, 0.29) is 12.1 Å². The van der Waals surface area contributed by atoms with Crippen LogP contribution in [0.25, 0.3) is 0 Å². The number of carbonyl (C=O) groups is 1. The van der Waals surface area contributed by atoms with E-state index in [1.807, 2.05) is 21.7 Å². The molecule has 4 heterocycles. The molecule has 0 aromatic carbocycles. The van der Waals surface area contributed by atoms with Gasteiger partial charge in [0.15, 0.2) is 0 Å². The molecule has 2 amide bonds. The van der Waals surface area contributed by atoms with Gasteiger partial charge in [-0.1, -0.05) is 0 Å². The lowest BCUT2D eigenvalue weighted by Gasteiger charge is -2.34. The van der Waals surface area contributed by atoms with Crippen molar-refractivity contribution >= 4 is 12.0 Å². The van der Waals surface area contributed by atoms with Gasteiger partial charge in [0.05, 0.1) is 18.3 Å². The van der Waals surface area contributed by atoms with Gasteiger partial charge in [-0.2, -0.15) is 5.10 Å². The van der Waals surface area contributed by atoms with Crippen LogP contribution in [0.2, 0.25) is 0 Å². The summed E-state index contributed by atoms with van der Waals surface area (Å²) in [6.07, 6.45) is 7.50. The standard InChI is InChI=1S/C16H21N7O/c24-16(21-8-1-2-9-21)19-10-14-12-22(15-17-5-3-6-18-15)11-13-4-7-20-23(13)14/h3-7,14H,1-2,8-12H2,(H,19,24). The van der Waals surface area contributed by atoms with Crippen LogP contribution in [0.1, 0.15) is 24.6 Å². The van der Waals surface area contributed by atoms with Gasteiger partial charge in [-0.25, -0.2) is 14.8 Å². The molecular formula is C16H21N7O. The van der Waals surface area contributed by atoms with Crippen molar-refractivity contribution in [3.05, 3.63) is 36.4 Å². The minimum Gasteiger partial charge on any atom is -0.336 e. The summed E-state index contributed by atoms with van der Waals surface area (Å²) < 4.78 is 2.00. The second-order valence-corrected chi connectivity index (χ2v) is 6.23. The third-order valence-electron chi connectivity index (χ3n) is 4.60. The topological polar surface area (TPSA) is 79.2 Å². The maximum Gasteiger partial charge on any atom is 0.317 e. The predicted molar refractivity (Wildman–Crippen MR) is 88.6 cm³/mol. The molecule has 0 spiro atoms. The molecule has 1 atom stereocenters. The van der Waals surface area contributed by atoms with Crippen LogP contribution in [0.4, 0.5) is 10.7 Å². The van der Waals surface area contributed by atoms with E-state index < -0.39 is 0 Å². The number of hydrogen-bond acceptors (Lipinski definition) is 5. The Kier molecular flexibility index (Phi) is 4.02. The molecule has 8 heteroatoms. The molecule has 0 aliphatic carbocycles. The van der Waals surface area contributed by atoms with E-state index in [0.29, 0.717) is 12.5 Å². The van der Waals surface area contributed by atoms with E-state index in [4.69, 9.17) is 0 Å². The Morgan fingerprint density at radius 1 is 1.21 bits per heavy atom. The zero-order valence-corrected chi connectivity index (χ0v) is 13.5. The van der Waals surface area contributed by atoms with Crippen molar-refractivity contribution in [2.45, 2.75) is 25.4 Å². The highest BCUT2D eigenvalue weighted by atomic mass is 16.2. The SMILES string of the molecule is O=C(NCC1CN(c2ncccn2)Cc2ccnn21)N1CCCC1. The van der Waals surface area contributed by atoms with Crippen molar-refractivity contribution in [2.24, 2.45) is 0 Å². The largest absolute Gasteiger partial charge is 0.336 e. The molecule has 24 heavy (non-hydrogen) atoms. The van der Waals surface area contributed by atoms with Crippen LogP contribution in [0, 0.1) is 0 Å². The summed E-state index contributed by atoms with van der Waals surface area (Å²) in [4.78, 5) is 24.9. The lowest BCUT2D eigenvalue weighted by Crippen LogP contribution is -2.46. The number of carbonyl (C=O) groups excluding carboxylic acids is 1. The average molecular weight is 327 g/mol. The maximum absolute atomic E-state index is 12.2.